The van der Waals surface area contributed by atoms with Crippen molar-refractivity contribution in [2.24, 2.45) is 0 Å². The van der Waals surface area contributed by atoms with Crippen molar-refractivity contribution in [3.05, 3.63) is 60.5 Å². The molecule has 0 fully saturated rings. The zero-order valence-electron chi connectivity index (χ0n) is 10.5. The molecule has 0 aliphatic rings. The summed E-state index contributed by atoms with van der Waals surface area (Å²) in [7, 11) is 0. The van der Waals surface area contributed by atoms with Gasteiger partial charge in [-0.1, -0.05) is 24.3 Å². The Morgan fingerprint density at radius 3 is 2.75 bits per heavy atom. The Labute approximate surface area is 114 Å². The monoisotopic (exact) mass is 263 g/mol. The molecule has 4 rings (SSSR count). The summed E-state index contributed by atoms with van der Waals surface area (Å²) in [6, 6.07) is 14.6. The first kappa shape index (κ1) is 11.1. The summed E-state index contributed by atoms with van der Waals surface area (Å²) < 4.78 is 13.7. The van der Waals surface area contributed by atoms with Gasteiger partial charge in [-0.15, -0.1) is 0 Å². The van der Waals surface area contributed by atoms with E-state index in [1.54, 1.807) is 12.3 Å². The van der Waals surface area contributed by atoms with Crippen LogP contribution in [0.2, 0.25) is 0 Å². The van der Waals surface area contributed by atoms with Crippen molar-refractivity contribution in [3.63, 3.8) is 0 Å². The quantitative estimate of drug-likeness (QED) is 0.565. The number of para-hydroxylation sites is 2. The maximum atomic E-state index is 13.7. The summed E-state index contributed by atoms with van der Waals surface area (Å²) >= 11 is 0. The van der Waals surface area contributed by atoms with E-state index in [0.717, 1.165) is 16.5 Å². The summed E-state index contributed by atoms with van der Waals surface area (Å²) in [5, 5.41) is 0.995. The van der Waals surface area contributed by atoms with E-state index in [9.17, 15) is 4.39 Å². The smallest absolute Gasteiger partial charge is 0.151 e. The number of halogens is 1. The molecule has 0 aliphatic carbocycles. The minimum absolute atomic E-state index is 0.316. The number of nitrogens with zero attached hydrogens (tertiary/aromatic N) is 2. The van der Waals surface area contributed by atoms with Crippen LogP contribution < -0.4 is 0 Å². The lowest BCUT2D eigenvalue weighted by Crippen LogP contribution is -1.85. The van der Waals surface area contributed by atoms with Crippen molar-refractivity contribution < 1.29 is 4.39 Å². The Hall–Kier alpha value is -2.75. The van der Waals surface area contributed by atoms with Gasteiger partial charge in [-0.2, -0.15) is 0 Å². The van der Waals surface area contributed by atoms with Gasteiger partial charge in [0.15, 0.2) is 5.82 Å². The minimum atomic E-state index is -0.316. The second kappa shape index (κ2) is 4.13. The molecular formula is C16H10FN3. The molecule has 0 amide bonds. The van der Waals surface area contributed by atoms with Crippen molar-refractivity contribution in [2.75, 3.05) is 0 Å². The largest absolute Gasteiger partial charge is 0.338 e. The molecule has 0 atom stereocenters. The number of fused-ring (bicyclic) bond motifs is 2. The first-order valence-corrected chi connectivity index (χ1v) is 6.31. The second-order valence-corrected chi connectivity index (χ2v) is 4.60. The Kier molecular flexibility index (Phi) is 2.29. The van der Waals surface area contributed by atoms with E-state index < -0.39 is 0 Å². The van der Waals surface area contributed by atoms with Gasteiger partial charge in [0.1, 0.15) is 11.3 Å². The SMILES string of the molecule is Fc1cccc2[nH]c(-c3ccnc4ccccc34)nc12. The van der Waals surface area contributed by atoms with Crippen LogP contribution in [0.15, 0.2) is 54.7 Å². The molecule has 0 spiro atoms. The van der Waals surface area contributed by atoms with Crippen LogP contribution in [0.5, 0.6) is 0 Å². The maximum absolute atomic E-state index is 13.7. The fourth-order valence-corrected chi connectivity index (χ4v) is 2.43. The highest BCUT2D eigenvalue weighted by Crippen LogP contribution is 2.27. The summed E-state index contributed by atoms with van der Waals surface area (Å²) in [6.07, 6.45) is 1.74. The molecule has 1 N–H and O–H groups in total. The molecule has 0 radical (unpaired) electrons. The van der Waals surface area contributed by atoms with Crippen LogP contribution >= 0.6 is 0 Å². The van der Waals surface area contributed by atoms with Crippen molar-refractivity contribution in [2.45, 2.75) is 0 Å². The highest BCUT2D eigenvalue weighted by molar-refractivity contribution is 5.94. The molecule has 3 nitrogen and oxygen atoms in total. The lowest BCUT2D eigenvalue weighted by molar-refractivity contribution is 0.637. The number of H-pyrrole nitrogens is 1. The van der Waals surface area contributed by atoms with E-state index in [4.69, 9.17) is 0 Å². The predicted octanol–water partition coefficient (Wildman–Crippen LogP) is 3.92. The molecule has 0 saturated heterocycles. The van der Waals surface area contributed by atoms with Gasteiger partial charge in [-0.05, 0) is 24.3 Å². The fourth-order valence-electron chi connectivity index (χ4n) is 2.43. The molecule has 2 aromatic carbocycles. The van der Waals surface area contributed by atoms with Crippen molar-refractivity contribution in [1.29, 1.82) is 0 Å². The van der Waals surface area contributed by atoms with Crippen LogP contribution in [0, 0.1) is 5.82 Å². The number of nitrogens with one attached hydrogen (secondary N) is 1. The van der Waals surface area contributed by atoms with Gasteiger partial charge in [0.2, 0.25) is 0 Å². The average Bonchev–Trinajstić information content (AvgIpc) is 2.92. The van der Waals surface area contributed by atoms with Crippen LogP contribution in [0.25, 0.3) is 33.3 Å². The van der Waals surface area contributed by atoms with Crippen LogP contribution in [-0.2, 0) is 0 Å². The topological polar surface area (TPSA) is 41.6 Å². The minimum Gasteiger partial charge on any atom is -0.338 e. The molecule has 2 aromatic heterocycles. The molecule has 0 saturated carbocycles. The Bertz CT molecular complexity index is 922. The standard InChI is InChI=1S/C16H10FN3/c17-12-5-3-7-14-15(12)20-16(19-14)11-8-9-18-13-6-2-1-4-10(11)13/h1-9H,(H,19,20). The van der Waals surface area contributed by atoms with Gasteiger partial charge in [-0.25, -0.2) is 9.37 Å². The Balaban J connectivity index is 2.04. The Morgan fingerprint density at radius 2 is 1.85 bits per heavy atom. The molecule has 0 unspecified atom stereocenters. The number of imidazole rings is 1. The average molecular weight is 263 g/mol. The number of hydrogen-bond donors (Lipinski definition) is 1. The van der Waals surface area contributed by atoms with Gasteiger partial charge in [0.05, 0.1) is 11.0 Å². The molecule has 20 heavy (non-hydrogen) atoms. The zero-order chi connectivity index (χ0) is 13.5. The summed E-state index contributed by atoms with van der Waals surface area (Å²) in [4.78, 5) is 11.9. The second-order valence-electron chi connectivity index (χ2n) is 4.60. The lowest BCUT2D eigenvalue weighted by atomic mass is 10.1. The third-order valence-corrected chi connectivity index (χ3v) is 3.37. The maximum Gasteiger partial charge on any atom is 0.151 e. The van der Waals surface area contributed by atoms with Gasteiger partial charge >= 0.3 is 0 Å². The molecule has 96 valence electrons. The molecule has 0 bridgehead atoms. The summed E-state index contributed by atoms with van der Waals surface area (Å²) in [5.41, 5.74) is 2.88. The van der Waals surface area contributed by atoms with Crippen LogP contribution in [0.1, 0.15) is 0 Å². The van der Waals surface area contributed by atoms with E-state index in [-0.39, 0.29) is 5.82 Å². The van der Waals surface area contributed by atoms with Crippen LogP contribution in [0.3, 0.4) is 0 Å². The summed E-state index contributed by atoms with van der Waals surface area (Å²) in [5.74, 6) is 0.340. The molecule has 4 aromatic rings. The number of hydrogen-bond acceptors (Lipinski definition) is 2. The van der Waals surface area contributed by atoms with Gasteiger partial charge in [0.25, 0.3) is 0 Å². The lowest BCUT2D eigenvalue weighted by Gasteiger charge is -2.02. The normalized spacial score (nSPS) is 11.2. The van der Waals surface area contributed by atoms with E-state index in [2.05, 4.69) is 15.0 Å². The predicted molar refractivity (Wildman–Crippen MR) is 76.8 cm³/mol. The number of rotatable bonds is 1. The van der Waals surface area contributed by atoms with Gasteiger partial charge in [-0.3, -0.25) is 4.98 Å². The van der Waals surface area contributed by atoms with E-state index >= 15 is 0 Å². The number of aromatic amines is 1. The number of aromatic nitrogens is 3. The highest BCUT2D eigenvalue weighted by atomic mass is 19.1. The van der Waals surface area contributed by atoms with Crippen LogP contribution in [0.4, 0.5) is 4.39 Å². The molecule has 4 heteroatoms. The fraction of sp³-hybridized carbons (Fsp3) is 0. The number of benzene rings is 2. The van der Waals surface area contributed by atoms with Crippen molar-refractivity contribution >= 4 is 21.9 Å². The van der Waals surface area contributed by atoms with Gasteiger partial charge in [0, 0.05) is 17.1 Å². The molecule has 2 heterocycles. The molecule has 0 aliphatic heterocycles. The van der Waals surface area contributed by atoms with Gasteiger partial charge < -0.3 is 4.98 Å². The Morgan fingerprint density at radius 1 is 0.950 bits per heavy atom. The van der Waals surface area contributed by atoms with E-state index in [1.165, 1.54) is 6.07 Å². The van der Waals surface area contributed by atoms with Crippen molar-refractivity contribution in [1.82, 2.24) is 15.0 Å². The zero-order valence-corrected chi connectivity index (χ0v) is 10.5. The van der Waals surface area contributed by atoms with E-state index in [0.29, 0.717) is 16.9 Å². The highest BCUT2D eigenvalue weighted by Gasteiger charge is 2.11. The third kappa shape index (κ3) is 1.58. The first-order chi connectivity index (χ1) is 9.83. The van der Waals surface area contributed by atoms with Crippen molar-refractivity contribution in [3.8, 4) is 11.4 Å². The third-order valence-electron chi connectivity index (χ3n) is 3.37. The molecular weight excluding hydrogens is 253 g/mol. The summed E-state index contributed by atoms with van der Waals surface area (Å²) in [6.45, 7) is 0. The first-order valence-electron chi connectivity index (χ1n) is 6.31. The van der Waals surface area contributed by atoms with Crippen LogP contribution in [-0.4, -0.2) is 15.0 Å². The number of pyridine rings is 1. The van der Waals surface area contributed by atoms with E-state index in [1.807, 2.05) is 36.4 Å².